The summed E-state index contributed by atoms with van der Waals surface area (Å²) in [6.07, 6.45) is 0. The summed E-state index contributed by atoms with van der Waals surface area (Å²) in [5.74, 6) is -0.123. The molecule has 3 nitrogen and oxygen atoms in total. The molecule has 1 aromatic heterocycles. The van der Waals surface area contributed by atoms with Crippen LogP contribution >= 0.6 is 15.9 Å². The Morgan fingerprint density at radius 1 is 0.923 bits per heavy atom. The van der Waals surface area contributed by atoms with Crippen molar-refractivity contribution < 1.29 is 4.79 Å². The molecule has 0 radical (unpaired) electrons. The predicted molar refractivity (Wildman–Crippen MR) is 110 cm³/mol. The highest BCUT2D eigenvalue weighted by Gasteiger charge is 2.13. The number of hydrogen-bond donors (Lipinski definition) is 1. The topological polar surface area (TPSA) is 42.0 Å². The van der Waals surface area contributed by atoms with Gasteiger partial charge < -0.3 is 5.32 Å². The summed E-state index contributed by atoms with van der Waals surface area (Å²) in [6.45, 7) is 6.51. The van der Waals surface area contributed by atoms with Crippen LogP contribution in [-0.2, 0) is 5.41 Å². The fourth-order valence-electron chi connectivity index (χ4n) is 2.62. The Morgan fingerprint density at radius 3 is 2.15 bits per heavy atom. The second-order valence-corrected chi connectivity index (χ2v) is 8.02. The van der Waals surface area contributed by atoms with Gasteiger partial charge in [0, 0.05) is 16.8 Å². The van der Waals surface area contributed by atoms with Gasteiger partial charge in [-0.05, 0) is 63.3 Å². The number of rotatable bonds is 3. The van der Waals surface area contributed by atoms with Gasteiger partial charge in [0.1, 0.15) is 4.60 Å². The summed E-state index contributed by atoms with van der Waals surface area (Å²) in [4.78, 5) is 16.9. The lowest BCUT2D eigenvalue weighted by Gasteiger charge is -2.19. The normalized spacial score (nSPS) is 11.2. The van der Waals surface area contributed by atoms with Crippen LogP contribution in [0.1, 0.15) is 36.7 Å². The lowest BCUT2D eigenvalue weighted by Crippen LogP contribution is -2.13. The summed E-state index contributed by atoms with van der Waals surface area (Å²) >= 11 is 3.38. The van der Waals surface area contributed by atoms with Crippen LogP contribution in [0.15, 0.2) is 71.3 Å². The van der Waals surface area contributed by atoms with Crippen molar-refractivity contribution in [1.82, 2.24) is 4.98 Å². The number of nitrogens with zero attached hydrogens (tertiary/aromatic N) is 1. The van der Waals surface area contributed by atoms with Crippen LogP contribution in [0.5, 0.6) is 0 Å². The first-order valence-corrected chi connectivity index (χ1v) is 9.27. The fourth-order valence-corrected chi connectivity index (χ4v) is 2.96. The van der Waals surface area contributed by atoms with E-state index in [9.17, 15) is 4.79 Å². The number of amides is 1. The van der Waals surface area contributed by atoms with Gasteiger partial charge in [-0.3, -0.25) is 4.79 Å². The van der Waals surface area contributed by atoms with Crippen LogP contribution in [-0.4, -0.2) is 10.9 Å². The van der Waals surface area contributed by atoms with E-state index in [1.165, 1.54) is 5.56 Å². The fraction of sp³-hybridized carbons (Fsp3) is 0.182. The van der Waals surface area contributed by atoms with Crippen molar-refractivity contribution in [2.75, 3.05) is 5.32 Å². The molecule has 1 amide bonds. The summed E-state index contributed by atoms with van der Waals surface area (Å²) in [5, 5.41) is 2.94. The second kappa shape index (κ2) is 7.42. The van der Waals surface area contributed by atoms with E-state index in [1.807, 2.05) is 54.6 Å². The predicted octanol–water partition coefficient (Wildman–Crippen LogP) is 6.06. The molecule has 0 saturated heterocycles. The first-order valence-electron chi connectivity index (χ1n) is 8.48. The summed E-state index contributed by atoms with van der Waals surface area (Å²) in [5.41, 5.74) is 4.57. The Bertz CT molecular complexity index is 910. The zero-order valence-corrected chi connectivity index (χ0v) is 16.7. The minimum atomic E-state index is -0.123. The van der Waals surface area contributed by atoms with Crippen molar-refractivity contribution in [3.63, 3.8) is 0 Å². The van der Waals surface area contributed by atoms with Gasteiger partial charge in [0.05, 0.1) is 5.69 Å². The molecule has 0 aliphatic rings. The Balaban J connectivity index is 1.72. The van der Waals surface area contributed by atoms with Gasteiger partial charge in [-0.15, -0.1) is 0 Å². The quantitative estimate of drug-likeness (QED) is 0.534. The number of anilines is 1. The van der Waals surface area contributed by atoms with Crippen LogP contribution in [0.25, 0.3) is 11.3 Å². The molecule has 0 saturated carbocycles. The smallest absolute Gasteiger partial charge is 0.255 e. The van der Waals surface area contributed by atoms with Gasteiger partial charge >= 0.3 is 0 Å². The van der Waals surface area contributed by atoms with E-state index < -0.39 is 0 Å². The highest BCUT2D eigenvalue weighted by Crippen LogP contribution is 2.24. The number of benzene rings is 2. The number of nitrogens with one attached hydrogen (secondary N) is 1. The molecule has 26 heavy (non-hydrogen) atoms. The number of pyridine rings is 1. The molecular weight excluding hydrogens is 388 g/mol. The van der Waals surface area contributed by atoms with Crippen molar-refractivity contribution in [1.29, 1.82) is 0 Å². The molecule has 4 heteroatoms. The number of hydrogen-bond acceptors (Lipinski definition) is 2. The molecule has 132 valence electrons. The van der Waals surface area contributed by atoms with E-state index >= 15 is 0 Å². The molecule has 1 heterocycles. The summed E-state index contributed by atoms with van der Waals surface area (Å²) in [6, 6.07) is 21.2. The first-order chi connectivity index (χ1) is 12.3. The van der Waals surface area contributed by atoms with E-state index in [0.717, 1.165) is 21.5 Å². The Labute approximate surface area is 162 Å². The van der Waals surface area contributed by atoms with Crippen LogP contribution in [0.2, 0.25) is 0 Å². The molecule has 3 aromatic rings. The second-order valence-electron chi connectivity index (χ2n) is 7.20. The SMILES string of the molecule is CC(C)(C)c1ccc(NC(=O)c2ccc(-c3cccc(Br)n3)cc2)cc1. The summed E-state index contributed by atoms with van der Waals surface area (Å²) < 4.78 is 0.788. The van der Waals surface area contributed by atoms with Crippen LogP contribution in [0.3, 0.4) is 0 Å². The molecule has 0 fully saturated rings. The van der Waals surface area contributed by atoms with Gasteiger partial charge in [-0.25, -0.2) is 4.98 Å². The Morgan fingerprint density at radius 2 is 1.58 bits per heavy atom. The maximum Gasteiger partial charge on any atom is 0.255 e. The Kier molecular flexibility index (Phi) is 5.23. The van der Waals surface area contributed by atoms with Crippen LogP contribution < -0.4 is 5.32 Å². The lowest BCUT2D eigenvalue weighted by atomic mass is 9.87. The third kappa shape index (κ3) is 4.38. The molecule has 0 bridgehead atoms. The molecule has 0 aliphatic heterocycles. The van der Waals surface area contributed by atoms with Crippen molar-refractivity contribution in [3.05, 3.63) is 82.5 Å². The van der Waals surface area contributed by atoms with Gasteiger partial charge in [0.25, 0.3) is 5.91 Å². The highest BCUT2D eigenvalue weighted by atomic mass is 79.9. The lowest BCUT2D eigenvalue weighted by molar-refractivity contribution is 0.102. The van der Waals surface area contributed by atoms with E-state index in [1.54, 1.807) is 0 Å². The van der Waals surface area contributed by atoms with Gasteiger partial charge in [-0.2, -0.15) is 0 Å². The number of halogens is 1. The average molecular weight is 409 g/mol. The molecular formula is C22H21BrN2O. The minimum absolute atomic E-state index is 0.0961. The van der Waals surface area contributed by atoms with E-state index in [0.29, 0.717) is 5.56 Å². The van der Waals surface area contributed by atoms with Gasteiger partial charge in [-0.1, -0.05) is 51.1 Å². The van der Waals surface area contributed by atoms with Crippen molar-refractivity contribution >= 4 is 27.5 Å². The van der Waals surface area contributed by atoms with Crippen molar-refractivity contribution in [3.8, 4) is 11.3 Å². The first kappa shape index (κ1) is 18.3. The number of carbonyl (C=O) groups is 1. The summed E-state index contributed by atoms with van der Waals surface area (Å²) in [7, 11) is 0. The molecule has 0 unspecified atom stereocenters. The molecule has 3 rings (SSSR count). The van der Waals surface area contributed by atoms with Crippen LogP contribution in [0, 0.1) is 0 Å². The minimum Gasteiger partial charge on any atom is -0.322 e. The Hall–Kier alpha value is -2.46. The maximum absolute atomic E-state index is 12.5. The van der Waals surface area contributed by atoms with E-state index in [2.05, 4.69) is 59.1 Å². The van der Waals surface area contributed by atoms with Crippen LogP contribution in [0.4, 0.5) is 5.69 Å². The number of carbonyl (C=O) groups excluding carboxylic acids is 1. The molecule has 0 aliphatic carbocycles. The highest BCUT2D eigenvalue weighted by molar-refractivity contribution is 9.10. The standard InChI is InChI=1S/C22H21BrN2O/c1-22(2,3)17-11-13-18(14-12-17)24-21(26)16-9-7-15(8-10-16)19-5-4-6-20(23)25-19/h4-14H,1-3H3,(H,24,26). The molecule has 2 aromatic carbocycles. The van der Waals surface area contributed by atoms with Gasteiger partial charge in [0.15, 0.2) is 0 Å². The molecule has 0 spiro atoms. The molecule has 1 N–H and O–H groups in total. The average Bonchev–Trinajstić information content (AvgIpc) is 2.61. The van der Waals surface area contributed by atoms with Crippen molar-refractivity contribution in [2.45, 2.75) is 26.2 Å². The number of aromatic nitrogens is 1. The molecule has 0 atom stereocenters. The third-order valence-electron chi connectivity index (χ3n) is 4.17. The maximum atomic E-state index is 12.5. The van der Waals surface area contributed by atoms with E-state index in [-0.39, 0.29) is 11.3 Å². The van der Waals surface area contributed by atoms with Crippen molar-refractivity contribution in [2.24, 2.45) is 0 Å². The largest absolute Gasteiger partial charge is 0.322 e. The third-order valence-corrected chi connectivity index (χ3v) is 4.61. The van der Waals surface area contributed by atoms with Gasteiger partial charge in [0.2, 0.25) is 0 Å². The zero-order valence-electron chi connectivity index (χ0n) is 15.1. The van der Waals surface area contributed by atoms with E-state index in [4.69, 9.17) is 0 Å². The monoisotopic (exact) mass is 408 g/mol. The zero-order chi connectivity index (χ0) is 18.7.